The number of nitrogens with one attached hydrogen (secondary N) is 1. The maximum atomic E-state index is 13.1. The maximum absolute atomic E-state index is 13.1. The molecule has 7 nitrogen and oxygen atoms in total. The number of hydrogen-bond donors (Lipinski definition) is 1. The molecule has 0 amide bonds. The quantitative estimate of drug-likeness (QED) is 0.389. The molecular weight excluding hydrogens is 478 g/mol. The van der Waals surface area contributed by atoms with Crippen molar-refractivity contribution in [2.24, 2.45) is 0 Å². The molecule has 11 heteroatoms. The molecule has 0 radical (unpaired) electrons. The predicted molar refractivity (Wildman–Crippen MR) is 117 cm³/mol. The van der Waals surface area contributed by atoms with Crippen molar-refractivity contribution in [1.82, 2.24) is 20.6 Å². The number of rotatable bonds is 7. The Labute approximate surface area is 193 Å². The molecule has 0 aliphatic rings. The molecule has 1 N–H and O–H groups in total. The molecule has 0 unspecified atom stereocenters. The van der Waals surface area contributed by atoms with Crippen molar-refractivity contribution in [3.8, 4) is 11.5 Å². The predicted octanol–water partition coefficient (Wildman–Crippen LogP) is 5.00. The van der Waals surface area contributed by atoms with Crippen LogP contribution in [0, 0.1) is 5.82 Å². The van der Waals surface area contributed by atoms with E-state index in [9.17, 15) is 12.8 Å². The van der Waals surface area contributed by atoms with Gasteiger partial charge in [-0.05, 0) is 70.1 Å². The number of H-pyrrole nitrogens is 1. The van der Waals surface area contributed by atoms with Crippen LogP contribution in [0.4, 0.5) is 4.39 Å². The van der Waals surface area contributed by atoms with Crippen molar-refractivity contribution in [2.45, 2.75) is 17.1 Å². The van der Waals surface area contributed by atoms with Crippen molar-refractivity contribution in [3.63, 3.8) is 0 Å². The molecule has 32 heavy (non-hydrogen) atoms. The van der Waals surface area contributed by atoms with Gasteiger partial charge in [0.25, 0.3) is 0 Å². The molecule has 3 aromatic carbocycles. The van der Waals surface area contributed by atoms with Gasteiger partial charge in [-0.2, -0.15) is 0 Å². The number of aromatic nitrogens is 4. The van der Waals surface area contributed by atoms with E-state index in [0.29, 0.717) is 28.6 Å². The summed E-state index contributed by atoms with van der Waals surface area (Å²) in [5.74, 6) is 0.535. The van der Waals surface area contributed by atoms with Crippen molar-refractivity contribution in [3.05, 3.63) is 93.5 Å². The number of sulfone groups is 1. The molecule has 0 saturated heterocycles. The van der Waals surface area contributed by atoms with Crippen LogP contribution in [0.1, 0.15) is 17.0 Å². The molecule has 0 saturated carbocycles. The van der Waals surface area contributed by atoms with Gasteiger partial charge in [-0.3, -0.25) is 0 Å². The Bertz CT molecular complexity index is 1350. The zero-order valence-electron chi connectivity index (χ0n) is 16.3. The summed E-state index contributed by atoms with van der Waals surface area (Å²) in [6.45, 7) is 0. The number of hydrogen-bond acceptors (Lipinski definition) is 6. The van der Waals surface area contributed by atoms with Gasteiger partial charge >= 0.3 is 0 Å². The van der Waals surface area contributed by atoms with Gasteiger partial charge in [0.1, 0.15) is 17.3 Å². The third kappa shape index (κ3) is 5.42. The Hall–Kier alpha value is -3.01. The lowest BCUT2D eigenvalue weighted by Crippen LogP contribution is -2.05. The third-order valence-electron chi connectivity index (χ3n) is 4.45. The van der Waals surface area contributed by atoms with Gasteiger partial charge in [-0.25, -0.2) is 17.9 Å². The van der Waals surface area contributed by atoms with Crippen molar-refractivity contribution >= 4 is 33.0 Å². The SMILES string of the molecule is O=S(=O)(Cc1ccc(F)cc1)c1ccc(Oc2cc(Cl)cc(Cc3nnn[nH]3)c2)c(Cl)c1. The number of nitrogens with zero attached hydrogens (tertiary/aromatic N) is 3. The lowest BCUT2D eigenvalue weighted by molar-refractivity contribution is 0.482. The van der Waals surface area contributed by atoms with Crippen molar-refractivity contribution < 1.29 is 17.5 Å². The van der Waals surface area contributed by atoms with Crippen LogP contribution in [0.3, 0.4) is 0 Å². The summed E-state index contributed by atoms with van der Waals surface area (Å²) in [6.07, 6.45) is 0.415. The van der Waals surface area contributed by atoms with Crippen molar-refractivity contribution in [1.29, 1.82) is 0 Å². The van der Waals surface area contributed by atoms with Crippen LogP contribution in [-0.2, 0) is 22.0 Å². The molecule has 4 aromatic rings. The monoisotopic (exact) mass is 492 g/mol. The second-order valence-corrected chi connectivity index (χ2v) is 9.73. The van der Waals surface area contributed by atoms with Crippen LogP contribution in [0.2, 0.25) is 10.0 Å². The van der Waals surface area contributed by atoms with E-state index in [4.69, 9.17) is 27.9 Å². The molecule has 0 aliphatic heterocycles. The van der Waals surface area contributed by atoms with Crippen LogP contribution in [-0.4, -0.2) is 29.0 Å². The highest BCUT2D eigenvalue weighted by molar-refractivity contribution is 7.90. The summed E-state index contributed by atoms with van der Waals surface area (Å²) in [7, 11) is -3.69. The lowest BCUT2D eigenvalue weighted by atomic mass is 10.1. The minimum atomic E-state index is -3.69. The van der Waals surface area contributed by atoms with E-state index >= 15 is 0 Å². The fraction of sp³-hybridized carbons (Fsp3) is 0.0952. The largest absolute Gasteiger partial charge is 0.456 e. The first kappa shape index (κ1) is 22.2. The van der Waals surface area contributed by atoms with Crippen LogP contribution < -0.4 is 4.74 Å². The summed E-state index contributed by atoms with van der Waals surface area (Å²) in [6, 6.07) is 14.6. The number of aromatic amines is 1. The highest BCUT2D eigenvalue weighted by atomic mass is 35.5. The topological polar surface area (TPSA) is 97.8 Å². The number of tetrazole rings is 1. The zero-order valence-corrected chi connectivity index (χ0v) is 18.6. The van der Waals surface area contributed by atoms with Gasteiger partial charge < -0.3 is 4.74 Å². The van der Waals surface area contributed by atoms with Crippen molar-refractivity contribution in [2.75, 3.05) is 0 Å². The molecule has 4 rings (SSSR count). The minimum Gasteiger partial charge on any atom is -0.456 e. The smallest absolute Gasteiger partial charge is 0.182 e. The molecular formula is C21H15Cl2FN4O3S. The Morgan fingerprint density at radius 2 is 1.75 bits per heavy atom. The zero-order chi connectivity index (χ0) is 22.7. The van der Waals surface area contributed by atoms with E-state index in [1.54, 1.807) is 18.2 Å². The number of ether oxygens (including phenoxy) is 1. The summed E-state index contributed by atoms with van der Waals surface area (Å²) in [5.41, 5.74) is 1.27. The first-order chi connectivity index (χ1) is 15.3. The van der Waals surface area contributed by atoms with Crippen LogP contribution in [0.5, 0.6) is 11.5 Å². The van der Waals surface area contributed by atoms with E-state index in [1.165, 1.54) is 42.5 Å². The maximum Gasteiger partial charge on any atom is 0.182 e. The van der Waals surface area contributed by atoms with E-state index in [0.717, 1.165) is 5.56 Å². The standard InChI is InChI=1S/C21H15Cl2FN4O3S/c22-15-7-14(9-21-25-27-28-26-21)8-17(10-15)31-20-6-5-18(11-19(20)23)32(29,30)12-13-1-3-16(24)4-2-13/h1-8,10-11H,9,12H2,(H,25,26,27,28). The molecule has 1 aromatic heterocycles. The summed E-state index contributed by atoms with van der Waals surface area (Å²) < 4.78 is 44.3. The second-order valence-electron chi connectivity index (χ2n) is 6.90. The van der Waals surface area contributed by atoms with E-state index < -0.39 is 15.7 Å². The summed E-state index contributed by atoms with van der Waals surface area (Å²) in [5, 5.41) is 14.1. The van der Waals surface area contributed by atoms with Crippen LogP contribution in [0.25, 0.3) is 0 Å². The van der Waals surface area contributed by atoms with Gasteiger partial charge in [0.15, 0.2) is 15.7 Å². The number of benzene rings is 3. The average molecular weight is 493 g/mol. The molecule has 1 heterocycles. The highest BCUT2D eigenvalue weighted by Crippen LogP contribution is 2.34. The summed E-state index contributed by atoms with van der Waals surface area (Å²) in [4.78, 5) is 0.0313. The fourth-order valence-electron chi connectivity index (χ4n) is 3.00. The minimum absolute atomic E-state index is 0.0313. The van der Waals surface area contributed by atoms with Gasteiger partial charge in [0.05, 0.1) is 15.7 Å². The molecule has 0 fully saturated rings. The first-order valence-electron chi connectivity index (χ1n) is 9.25. The molecule has 0 atom stereocenters. The Morgan fingerprint density at radius 1 is 0.969 bits per heavy atom. The van der Waals surface area contributed by atoms with E-state index in [-0.39, 0.29) is 21.4 Å². The normalized spacial score (nSPS) is 11.5. The van der Waals surface area contributed by atoms with Gasteiger partial charge in [-0.1, -0.05) is 35.3 Å². The Balaban J connectivity index is 1.53. The average Bonchev–Trinajstić information content (AvgIpc) is 3.23. The Morgan fingerprint density at radius 3 is 2.44 bits per heavy atom. The number of halogens is 3. The van der Waals surface area contributed by atoms with Gasteiger partial charge in [-0.15, -0.1) is 5.10 Å². The second kappa shape index (κ2) is 9.23. The summed E-state index contributed by atoms with van der Waals surface area (Å²) >= 11 is 12.5. The molecule has 0 spiro atoms. The van der Waals surface area contributed by atoms with E-state index in [2.05, 4.69) is 20.6 Å². The molecule has 164 valence electrons. The van der Waals surface area contributed by atoms with Gasteiger partial charge in [0.2, 0.25) is 0 Å². The first-order valence-corrected chi connectivity index (χ1v) is 11.7. The molecule has 0 bridgehead atoms. The van der Waals surface area contributed by atoms with Crippen LogP contribution >= 0.6 is 23.2 Å². The fourth-order valence-corrected chi connectivity index (χ4v) is 4.90. The van der Waals surface area contributed by atoms with E-state index in [1.807, 2.05) is 0 Å². The highest BCUT2D eigenvalue weighted by Gasteiger charge is 2.18. The van der Waals surface area contributed by atoms with Crippen LogP contribution in [0.15, 0.2) is 65.6 Å². The lowest BCUT2D eigenvalue weighted by Gasteiger charge is -2.11. The Kier molecular flexibility index (Phi) is 6.40. The van der Waals surface area contributed by atoms with Gasteiger partial charge in [0, 0.05) is 11.4 Å². The third-order valence-corrected chi connectivity index (χ3v) is 6.65. The molecule has 0 aliphatic carbocycles.